The van der Waals surface area contributed by atoms with E-state index in [0.29, 0.717) is 12.8 Å². The maximum Gasteiger partial charge on any atom is 0.148 e. The average molecular weight is 177 g/mol. The van der Waals surface area contributed by atoms with Crippen molar-refractivity contribution in [2.24, 2.45) is 10.8 Å². The molecule has 1 fully saturated rings. The molecule has 0 aliphatic heterocycles. The quantitative estimate of drug-likeness (QED) is 0.619. The average Bonchev–Trinajstić information content (AvgIpc) is 2.81. The Morgan fingerprint density at radius 2 is 1.85 bits per heavy atom. The first-order valence-electron chi connectivity index (χ1n) is 4.44. The van der Waals surface area contributed by atoms with Gasteiger partial charge in [0.05, 0.1) is 11.5 Å². The highest BCUT2D eigenvalue weighted by Crippen LogP contribution is 2.59. The van der Waals surface area contributed by atoms with E-state index in [-0.39, 0.29) is 0 Å². The summed E-state index contributed by atoms with van der Waals surface area (Å²) in [4.78, 5) is 0. The van der Waals surface area contributed by atoms with Crippen molar-refractivity contribution in [2.75, 3.05) is 0 Å². The van der Waals surface area contributed by atoms with Crippen LogP contribution in [0.15, 0.2) is 0 Å². The van der Waals surface area contributed by atoms with Crippen molar-refractivity contribution in [3.63, 3.8) is 0 Å². The second-order valence-corrected chi connectivity index (χ2v) is 4.80. The van der Waals surface area contributed by atoms with E-state index < -0.39 is 16.4 Å². The van der Waals surface area contributed by atoms with Gasteiger partial charge < -0.3 is 5.11 Å². The number of terminal acetylenes is 1. The lowest BCUT2D eigenvalue weighted by molar-refractivity contribution is -0.0468. The van der Waals surface area contributed by atoms with Crippen LogP contribution in [0.25, 0.3) is 0 Å². The topological polar surface area (TPSA) is 44.0 Å². The van der Waals surface area contributed by atoms with Crippen LogP contribution >= 0.6 is 0 Å². The highest BCUT2D eigenvalue weighted by molar-refractivity contribution is 5.32. The summed E-state index contributed by atoms with van der Waals surface area (Å²) in [5.74, 6) is 2.41. The van der Waals surface area contributed by atoms with Crippen molar-refractivity contribution < 1.29 is 5.11 Å². The molecular formula is C11H15NO. The Morgan fingerprint density at radius 3 is 1.92 bits per heavy atom. The molecule has 0 spiro atoms. The van der Waals surface area contributed by atoms with Crippen molar-refractivity contribution in [1.29, 1.82) is 5.26 Å². The lowest BCUT2D eigenvalue weighted by atomic mass is 9.68. The third kappa shape index (κ3) is 1.14. The Labute approximate surface area is 79.6 Å². The van der Waals surface area contributed by atoms with E-state index in [1.54, 1.807) is 0 Å². The van der Waals surface area contributed by atoms with E-state index >= 15 is 0 Å². The van der Waals surface area contributed by atoms with Crippen molar-refractivity contribution in [3.8, 4) is 18.4 Å². The molecule has 0 amide bonds. The third-order valence-electron chi connectivity index (χ3n) is 2.95. The molecule has 1 saturated carbocycles. The van der Waals surface area contributed by atoms with Crippen molar-refractivity contribution in [1.82, 2.24) is 0 Å². The molecule has 0 radical (unpaired) electrons. The molecule has 0 aromatic rings. The minimum absolute atomic E-state index is 0.450. The largest absolute Gasteiger partial charge is 0.375 e. The fourth-order valence-corrected chi connectivity index (χ4v) is 1.75. The second-order valence-electron chi connectivity index (χ2n) is 4.80. The minimum Gasteiger partial charge on any atom is -0.375 e. The first-order chi connectivity index (χ1) is 5.83. The fourth-order valence-electron chi connectivity index (χ4n) is 1.75. The van der Waals surface area contributed by atoms with E-state index in [1.807, 2.05) is 20.8 Å². The maximum absolute atomic E-state index is 10.3. The van der Waals surface area contributed by atoms with Crippen LogP contribution in [0.5, 0.6) is 0 Å². The van der Waals surface area contributed by atoms with Crippen LogP contribution < -0.4 is 0 Å². The van der Waals surface area contributed by atoms with Gasteiger partial charge in [-0.3, -0.25) is 0 Å². The molecule has 1 N–H and O–H groups in total. The normalized spacial score (nSPS) is 23.8. The fraction of sp³-hybridized carbons (Fsp3) is 0.727. The van der Waals surface area contributed by atoms with Crippen LogP contribution in [0.1, 0.15) is 33.6 Å². The molecular weight excluding hydrogens is 162 g/mol. The number of hydrogen-bond donors (Lipinski definition) is 1. The van der Waals surface area contributed by atoms with Gasteiger partial charge >= 0.3 is 0 Å². The number of nitriles is 1. The zero-order chi connectivity index (χ0) is 10.3. The monoisotopic (exact) mass is 177 g/mol. The van der Waals surface area contributed by atoms with Crippen molar-refractivity contribution in [3.05, 3.63) is 0 Å². The molecule has 13 heavy (non-hydrogen) atoms. The standard InChI is InChI=1S/C11H15NO/c1-5-11(13,9(2,3)4)10(8-12)6-7-10/h1,13H,6-7H2,2-4H3/t11-/m0/s1. The zero-order valence-electron chi connectivity index (χ0n) is 8.39. The van der Waals surface area contributed by atoms with Gasteiger partial charge in [-0.1, -0.05) is 26.7 Å². The maximum atomic E-state index is 10.3. The summed E-state index contributed by atoms with van der Waals surface area (Å²) >= 11 is 0. The Kier molecular flexibility index (Phi) is 1.94. The molecule has 1 aliphatic carbocycles. The van der Waals surface area contributed by atoms with E-state index in [9.17, 15) is 5.11 Å². The van der Waals surface area contributed by atoms with Crippen LogP contribution in [-0.4, -0.2) is 10.7 Å². The summed E-state index contributed by atoms with van der Waals surface area (Å²) in [6, 6.07) is 2.16. The van der Waals surface area contributed by atoms with E-state index in [0.717, 1.165) is 0 Å². The predicted octanol–water partition coefficient (Wildman–Crippen LogP) is 1.70. The summed E-state index contributed by atoms with van der Waals surface area (Å²) in [6.45, 7) is 5.60. The van der Waals surface area contributed by atoms with Crippen LogP contribution in [0, 0.1) is 34.5 Å². The zero-order valence-corrected chi connectivity index (χ0v) is 8.39. The second kappa shape index (κ2) is 2.50. The van der Waals surface area contributed by atoms with Crippen molar-refractivity contribution in [2.45, 2.75) is 39.2 Å². The van der Waals surface area contributed by atoms with Crippen LogP contribution in [0.3, 0.4) is 0 Å². The SMILES string of the molecule is C#C[C@](O)(C(C)(C)C)C1(C#N)CC1. The van der Waals surface area contributed by atoms with Gasteiger partial charge in [0.2, 0.25) is 0 Å². The molecule has 0 aromatic carbocycles. The predicted molar refractivity (Wildman–Crippen MR) is 50.5 cm³/mol. The number of nitrogens with zero attached hydrogens (tertiary/aromatic N) is 1. The van der Waals surface area contributed by atoms with Gasteiger partial charge in [0, 0.05) is 5.41 Å². The molecule has 0 aromatic heterocycles. The molecule has 2 nitrogen and oxygen atoms in total. The Bertz CT molecular complexity index is 296. The number of rotatable bonds is 1. The lowest BCUT2D eigenvalue weighted by Crippen LogP contribution is -2.49. The smallest absolute Gasteiger partial charge is 0.148 e. The first-order valence-corrected chi connectivity index (χ1v) is 4.44. The molecule has 2 heteroatoms. The van der Waals surface area contributed by atoms with E-state index in [4.69, 9.17) is 11.7 Å². The highest BCUT2D eigenvalue weighted by Gasteiger charge is 2.63. The van der Waals surface area contributed by atoms with Crippen LogP contribution in [0.2, 0.25) is 0 Å². The van der Waals surface area contributed by atoms with Gasteiger partial charge in [0.15, 0.2) is 0 Å². The first kappa shape index (κ1) is 10.1. The Morgan fingerprint density at radius 1 is 1.38 bits per heavy atom. The lowest BCUT2D eigenvalue weighted by Gasteiger charge is -2.39. The van der Waals surface area contributed by atoms with Gasteiger partial charge in [-0.05, 0) is 12.8 Å². The van der Waals surface area contributed by atoms with Gasteiger partial charge in [0.25, 0.3) is 0 Å². The van der Waals surface area contributed by atoms with Gasteiger partial charge in [-0.15, -0.1) is 6.42 Å². The Hall–Kier alpha value is -0.990. The molecule has 1 aliphatic rings. The summed E-state index contributed by atoms with van der Waals surface area (Å²) in [6.07, 6.45) is 6.76. The minimum atomic E-state index is -1.30. The summed E-state index contributed by atoms with van der Waals surface area (Å²) in [5, 5.41) is 19.3. The van der Waals surface area contributed by atoms with E-state index in [2.05, 4.69) is 12.0 Å². The summed E-state index contributed by atoms with van der Waals surface area (Å²) in [7, 11) is 0. The third-order valence-corrected chi connectivity index (χ3v) is 2.95. The molecule has 1 rings (SSSR count). The number of aliphatic hydroxyl groups is 1. The van der Waals surface area contributed by atoms with Gasteiger partial charge in [-0.25, -0.2) is 0 Å². The van der Waals surface area contributed by atoms with Crippen LogP contribution in [0.4, 0.5) is 0 Å². The van der Waals surface area contributed by atoms with Crippen molar-refractivity contribution >= 4 is 0 Å². The highest BCUT2D eigenvalue weighted by atomic mass is 16.3. The molecule has 70 valence electrons. The molecule has 0 unspecified atom stereocenters. The summed E-state index contributed by atoms with van der Waals surface area (Å²) in [5.41, 5.74) is -2.44. The molecule has 0 saturated heterocycles. The summed E-state index contributed by atoms with van der Waals surface area (Å²) < 4.78 is 0. The molecule has 1 atom stereocenters. The van der Waals surface area contributed by atoms with E-state index in [1.165, 1.54) is 0 Å². The molecule has 0 bridgehead atoms. The number of hydrogen-bond acceptors (Lipinski definition) is 2. The van der Waals surface area contributed by atoms with Crippen LogP contribution in [-0.2, 0) is 0 Å². The van der Waals surface area contributed by atoms with Gasteiger partial charge in [0.1, 0.15) is 5.60 Å². The molecule has 0 heterocycles. The Balaban J connectivity index is 3.13. The van der Waals surface area contributed by atoms with Gasteiger partial charge in [-0.2, -0.15) is 5.26 Å².